The van der Waals surface area contributed by atoms with Gasteiger partial charge in [0, 0.05) is 43.2 Å². The van der Waals surface area contributed by atoms with Gasteiger partial charge >= 0.3 is 0 Å². The van der Waals surface area contributed by atoms with E-state index in [1.807, 2.05) is 23.1 Å². The smallest absolute Gasteiger partial charge is 0.275 e. The molecule has 0 bridgehead atoms. The number of aromatic nitrogens is 2. The van der Waals surface area contributed by atoms with Crippen LogP contribution < -0.4 is 5.73 Å². The van der Waals surface area contributed by atoms with Crippen molar-refractivity contribution >= 4 is 22.8 Å². The van der Waals surface area contributed by atoms with Gasteiger partial charge in [0.05, 0.1) is 5.56 Å². The topological polar surface area (TPSA) is 94.4 Å². The minimum atomic E-state index is -0.544. The molecule has 2 aromatic carbocycles. The van der Waals surface area contributed by atoms with Crippen LogP contribution in [0.25, 0.3) is 22.1 Å². The number of nitrogens with two attached hydrogens (primary N) is 1. The SMILES string of the molecule is Cn1cc(-c2ccc(F)cc2)c(C(=O)N2CCCCC2Cc2oc3ccccc3c2C(N)=O)n1. The van der Waals surface area contributed by atoms with Crippen LogP contribution in [0, 0.1) is 5.82 Å². The summed E-state index contributed by atoms with van der Waals surface area (Å²) in [6.45, 7) is 0.578. The lowest BCUT2D eigenvalue weighted by atomic mass is 9.95. The maximum Gasteiger partial charge on any atom is 0.275 e. The highest BCUT2D eigenvalue weighted by molar-refractivity contribution is 6.06. The Hall–Kier alpha value is -3.94. The summed E-state index contributed by atoms with van der Waals surface area (Å²) in [5.41, 5.74) is 8.36. The van der Waals surface area contributed by atoms with E-state index in [1.165, 1.54) is 12.1 Å². The van der Waals surface area contributed by atoms with Crippen molar-refractivity contribution < 1.29 is 18.4 Å². The molecule has 1 unspecified atom stereocenters. The van der Waals surface area contributed by atoms with E-state index in [9.17, 15) is 14.0 Å². The van der Waals surface area contributed by atoms with Crippen molar-refractivity contribution in [1.82, 2.24) is 14.7 Å². The molecule has 0 aliphatic carbocycles. The molecule has 0 radical (unpaired) electrons. The summed E-state index contributed by atoms with van der Waals surface area (Å²) >= 11 is 0. The predicted octanol–water partition coefficient (Wildman–Crippen LogP) is 4.31. The average Bonchev–Trinajstić information content (AvgIpc) is 3.39. The van der Waals surface area contributed by atoms with E-state index in [2.05, 4.69) is 5.10 Å². The Bertz CT molecular complexity index is 1370. The molecule has 174 valence electrons. The number of furan rings is 1. The molecule has 2 amide bonds. The molecule has 1 aliphatic rings. The van der Waals surface area contributed by atoms with Gasteiger partial charge in [0.15, 0.2) is 5.69 Å². The van der Waals surface area contributed by atoms with Crippen LogP contribution in [0.3, 0.4) is 0 Å². The average molecular weight is 461 g/mol. The highest BCUT2D eigenvalue weighted by Crippen LogP contribution is 2.31. The van der Waals surface area contributed by atoms with E-state index in [1.54, 1.807) is 36.1 Å². The molecular formula is C26H25FN4O3. The molecule has 0 spiro atoms. The molecule has 0 saturated carbocycles. The Labute approximate surface area is 195 Å². The summed E-state index contributed by atoms with van der Waals surface area (Å²) in [5.74, 6) is -0.579. The van der Waals surface area contributed by atoms with Gasteiger partial charge < -0.3 is 15.1 Å². The van der Waals surface area contributed by atoms with Gasteiger partial charge in [-0.15, -0.1) is 0 Å². The third-order valence-electron chi connectivity index (χ3n) is 6.41. The molecule has 3 heterocycles. The third-order valence-corrected chi connectivity index (χ3v) is 6.41. The second-order valence-corrected chi connectivity index (χ2v) is 8.68. The Balaban J connectivity index is 1.48. The maximum atomic E-state index is 13.7. The monoisotopic (exact) mass is 460 g/mol. The summed E-state index contributed by atoms with van der Waals surface area (Å²) < 4.78 is 21.0. The van der Waals surface area contributed by atoms with Crippen molar-refractivity contribution in [2.24, 2.45) is 12.8 Å². The fraction of sp³-hybridized carbons (Fsp3) is 0.269. The van der Waals surface area contributed by atoms with Crippen molar-refractivity contribution in [2.45, 2.75) is 31.7 Å². The lowest BCUT2D eigenvalue weighted by Gasteiger charge is -2.35. The minimum absolute atomic E-state index is 0.164. The lowest BCUT2D eigenvalue weighted by Crippen LogP contribution is -2.45. The number of primary amides is 1. The predicted molar refractivity (Wildman–Crippen MR) is 126 cm³/mol. The standard InChI is InChI=1S/C26H25FN4O3/c1-30-15-20(16-9-11-17(27)12-10-16)24(29-30)26(33)31-13-5-4-6-18(31)14-22-23(25(28)32)19-7-2-3-8-21(19)34-22/h2-3,7-12,15,18H,4-6,13-14H2,1H3,(H2,28,32). The maximum absolute atomic E-state index is 13.7. The fourth-order valence-corrected chi connectivity index (χ4v) is 4.83. The molecule has 1 atom stereocenters. The Morgan fingerprint density at radius 3 is 2.68 bits per heavy atom. The van der Waals surface area contributed by atoms with Crippen molar-refractivity contribution in [3.05, 3.63) is 77.6 Å². The number of halogens is 1. The number of hydrogen-bond donors (Lipinski definition) is 1. The van der Waals surface area contributed by atoms with E-state index < -0.39 is 5.91 Å². The van der Waals surface area contributed by atoms with Gasteiger partial charge in [-0.3, -0.25) is 14.3 Å². The zero-order chi connectivity index (χ0) is 23.8. The first-order valence-corrected chi connectivity index (χ1v) is 11.3. The summed E-state index contributed by atoms with van der Waals surface area (Å²) in [6.07, 6.45) is 4.78. The van der Waals surface area contributed by atoms with Crippen LogP contribution in [-0.4, -0.2) is 39.1 Å². The van der Waals surface area contributed by atoms with Crippen LogP contribution in [0.4, 0.5) is 4.39 Å². The molecule has 1 fully saturated rings. The Kier molecular flexibility index (Phi) is 5.65. The highest BCUT2D eigenvalue weighted by atomic mass is 19.1. The number of nitrogens with zero attached hydrogens (tertiary/aromatic N) is 3. The van der Waals surface area contributed by atoms with Crippen LogP contribution >= 0.6 is 0 Å². The molecule has 34 heavy (non-hydrogen) atoms. The van der Waals surface area contributed by atoms with Crippen LogP contribution in [-0.2, 0) is 13.5 Å². The number of likely N-dealkylation sites (tertiary alicyclic amines) is 1. The van der Waals surface area contributed by atoms with Crippen LogP contribution in [0.1, 0.15) is 45.9 Å². The van der Waals surface area contributed by atoms with Gasteiger partial charge in [-0.1, -0.05) is 30.3 Å². The van der Waals surface area contributed by atoms with Crippen LogP contribution in [0.5, 0.6) is 0 Å². The van der Waals surface area contributed by atoms with Crippen molar-refractivity contribution in [1.29, 1.82) is 0 Å². The Morgan fingerprint density at radius 2 is 1.91 bits per heavy atom. The number of hydrogen-bond acceptors (Lipinski definition) is 4. The zero-order valence-electron chi connectivity index (χ0n) is 18.8. The summed E-state index contributed by atoms with van der Waals surface area (Å²) in [6, 6.07) is 13.2. The number of para-hydroxylation sites is 1. The summed E-state index contributed by atoms with van der Waals surface area (Å²) in [5, 5.41) is 5.12. The number of carbonyl (C=O) groups excluding carboxylic acids is 2. The lowest BCUT2D eigenvalue weighted by molar-refractivity contribution is 0.0601. The van der Waals surface area contributed by atoms with Gasteiger partial charge in [0.2, 0.25) is 0 Å². The quantitative estimate of drug-likeness (QED) is 0.480. The number of amides is 2. The van der Waals surface area contributed by atoms with Gasteiger partial charge in [0.25, 0.3) is 11.8 Å². The largest absolute Gasteiger partial charge is 0.460 e. The first-order chi connectivity index (χ1) is 16.4. The molecular weight excluding hydrogens is 435 g/mol. The van der Waals surface area contributed by atoms with E-state index in [0.29, 0.717) is 46.5 Å². The van der Waals surface area contributed by atoms with Gasteiger partial charge in [0.1, 0.15) is 17.2 Å². The molecule has 7 nitrogen and oxygen atoms in total. The number of aryl methyl sites for hydroxylation is 1. The van der Waals surface area contributed by atoms with Crippen molar-refractivity contribution in [3.8, 4) is 11.1 Å². The molecule has 8 heteroatoms. The summed E-state index contributed by atoms with van der Waals surface area (Å²) in [7, 11) is 1.75. The number of benzene rings is 2. The van der Waals surface area contributed by atoms with Crippen LogP contribution in [0.15, 0.2) is 59.1 Å². The van der Waals surface area contributed by atoms with E-state index in [4.69, 9.17) is 10.2 Å². The number of carbonyl (C=O) groups is 2. The fourth-order valence-electron chi connectivity index (χ4n) is 4.83. The molecule has 4 aromatic rings. The molecule has 1 saturated heterocycles. The third kappa shape index (κ3) is 3.96. The van der Waals surface area contributed by atoms with Gasteiger partial charge in [-0.25, -0.2) is 4.39 Å². The van der Waals surface area contributed by atoms with E-state index in [0.717, 1.165) is 24.8 Å². The molecule has 5 rings (SSSR count). The normalized spacial score (nSPS) is 16.2. The highest BCUT2D eigenvalue weighted by Gasteiger charge is 2.33. The first kappa shape index (κ1) is 21.9. The molecule has 2 aromatic heterocycles. The molecule has 2 N–H and O–H groups in total. The second kappa shape index (κ2) is 8.78. The Morgan fingerprint density at radius 1 is 1.15 bits per heavy atom. The van der Waals surface area contributed by atoms with Crippen molar-refractivity contribution in [3.63, 3.8) is 0 Å². The zero-order valence-corrected chi connectivity index (χ0v) is 18.8. The van der Waals surface area contributed by atoms with E-state index in [-0.39, 0.29) is 17.8 Å². The van der Waals surface area contributed by atoms with Crippen LogP contribution in [0.2, 0.25) is 0 Å². The van der Waals surface area contributed by atoms with E-state index >= 15 is 0 Å². The summed E-state index contributed by atoms with van der Waals surface area (Å²) in [4.78, 5) is 27.8. The van der Waals surface area contributed by atoms with Gasteiger partial charge in [-0.2, -0.15) is 5.10 Å². The van der Waals surface area contributed by atoms with Gasteiger partial charge in [-0.05, 0) is 43.0 Å². The number of piperidine rings is 1. The molecule has 1 aliphatic heterocycles. The first-order valence-electron chi connectivity index (χ1n) is 11.3. The number of rotatable bonds is 5. The van der Waals surface area contributed by atoms with Crippen molar-refractivity contribution in [2.75, 3.05) is 6.54 Å². The second-order valence-electron chi connectivity index (χ2n) is 8.68. The minimum Gasteiger partial charge on any atom is -0.460 e. The number of fused-ring (bicyclic) bond motifs is 1.